The number of carbonyl (C=O) groups excluding carboxylic acids is 1. The van der Waals surface area contributed by atoms with Gasteiger partial charge in [0.25, 0.3) is 0 Å². The van der Waals surface area contributed by atoms with Crippen molar-refractivity contribution in [3.8, 4) is 5.75 Å². The standard InChI is InChI=1S/C27H32N2O5/c1-4-6-8-10-24-28-23(19(3)34-24)15-17-33-21-13-12-20-14-16-29(25(30)11-9-7-5-2)26(27(31)32)22(20)18-21/h5,7-13,18,26H,4,6,14-17H2,1-3H3,(H,31,32)/b7-5+,10-8+,11-9+. The van der Waals surface area contributed by atoms with Gasteiger partial charge in [0, 0.05) is 19.0 Å². The number of oxazole rings is 1. The van der Waals surface area contributed by atoms with Crippen molar-refractivity contribution in [2.45, 2.75) is 52.5 Å². The highest BCUT2D eigenvalue weighted by atomic mass is 16.5. The van der Waals surface area contributed by atoms with E-state index in [9.17, 15) is 14.7 Å². The number of hydrogen-bond donors (Lipinski definition) is 1. The van der Waals surface area contributed by atoms with E-state index >= 15 is 0 Å². The van der Waals surface area contributed by atoms with Gasteiger partial charge in [-0.15, -0.1) is 0 Å². The zero-order valence-electron chi connectivity index (χ0n) is 20.0. The number of aromatic nitrogens is 1. The largest absolute Gasteiger partial charge is 0.493 e. The van der Waals surface area contributed by atoms with Gasteiger partial charge in [0.1, 0.15) is 11.5 Å². The van der Waals surface area contributed by atoms with Crippen molar-refractivity contribution >= 4 is 18.0 Å². The molecule has 7 nitrogen and oxygen atoms in total. The molecule has 0 saturated carbocycles. The first-order valence-electron chi connectivity index (χ1n) is 11.7. The molecule has 1 atom stereocenters. The van der Waals surface area contributed by atoms with Gasteiger partial charge in [0.15, 0.2) is 6.04 Å². The van der Waals surface area contributed by atoms with Crippen LogP contribution in [0.2, 0.25) is 0 Å². The first-order chi connectivity index (χ1) is 16.4. The highest BCUT2D eigenvalue weighted by Gasteiger charge is 2.35. The number of rotatable bonds is 10. The van der Waals surface area contributed by atoms with Crippen LogP contribution in [0, 0.1) is 6.92 Å². The summed E-state index contributed by atoms with van der Waals surface area (Å²) in [5.74, 6) is 0.525. The van der Waals surface area contributed by atoms with Gasteiger partial charge in [-0.05, 0) is 56.0 Å². The monoisotopic (exact) mass is 464 g/mol. The van der Waals surface area contributed by atoms with Crippen LogP contribution in [0.4, 0.5) is 0 Å². The molecule has 1 aromatic heterocycles. The number of ether oxygens (including phenoxy) is 1. The second kappa shape index (κ2) is 12.0. The van der Waals surface area contributed by atoms with Gasteiger partial charge in [-0.2, -0.15) is 0 Å². The molecule has 1 aliphatic rings. The Morgan fingerprint density at radius 2 is 2.15 bits per heavy atom. The molecule has 7 heteroatoms. The number of carboxylic acids is 1. The number of amides is 1. The van der Waals surface area contributed by atoms with E-state index in [4.69, 9.17) is 9.15 Å². The fourth-order valence-corrected chi connectivity index (χ4v) is 3.90. The van der Waals surface area contributed by atoms with Gasteiger partial charge in [0.2, 0.25) is 11.8 Å². The summed E-state index contributed by atoms with van der Waals surface area (Å²) >= 11 is 0. The van der Waals surface area contributed by atoms with E-state index < -0.39 is 12.0 Å². The van der Waals surface area contributed by atoms with Gasteiger partial charge in [-0.25, -0.2) is 9.78 Å². The molecule has 2 aromatic rings. The van der Waals surface area contributed by atoms with Crippen LogP contribution in [0.1, 0.15) is 61.2 Å². The maximum Gasteiger partial charge on any atom is 0.331 e. The van der Waals surface area contributed by atoms with Crippen molar-refractivity contribution < 1.29 is 23.8 Å². The van der Waals surface area contributed by atoms with E-state index in [0.717, 1.165) is 29.9 Å². The number of fused-ring (bicyclic) bond motifs is 1. The predicted octanol–water partition coefficient (Wildman–Crippen LogP) is 5.06. The molecule has 0 fully saturated rings. The van der Waals surface area contributed by atoms with Crippen LogP contribution in [0.15, 0.2) is 53.0 Å². The molecule has 0 aliphatic carbocycles. The molecule has 0 radical (unpaired) electrons. The third kappa shape index (κ3) is 6.25. The summed E-state index contributed by atoms with van der Waals surface area (Å²) in [6.07, 6.45) is 13.7. The molecule has 3 rings (SSSR count). The third-order valence-electron chi connectivity index (χ3n) is 5.64. The Balaban J connectivity index is 1.70. The lowest BCUT2D eigenvalue weighted by Crippen LogP contribution is -2.42. The number of aliphatic carboxylic acids is 1. The summed E-state index contributed by atoms with van der Waals surface area (Å²) in [7, 11) is 0. The second-order valence-corrected chi connectivity index (χ2v) is 8.11. The lowest BCUT2D eigenvalue weighted by molar-refractivity contribution is -0.149. The Morgan fingerprint density at radius 1 is 1.32 bits per heavy atom. The first kappa shape index (κ1) is 25.0. The summed E-state index contributed by atoms with van der Waals surface area (Å²) in [4.78, 5) is 30.6. The molecule has 34 heavy (non-hydrogen) atoms. The molecule has 0 saturated heterocycles. The molecule has 1 unspecified atom stereocenters. The van der Waals surface area contributed by atoms with Gasteiger partial charge >= 0.3 is 5.97 Å². The lowest BCUT2D eigenvalue weighted by atomic mass is 9.92. The normalized spacial score (nSPS) is 16.0. The smallest absolute Gasteiger partial charge is 0.331 e. The predicted molar refractivity (Wildman–Crippen MR) is 131 cm³/mol. The number of nitrogens with zero attached hydrogens (tertiary/aromatic N) is 2. The fraction of sp³-hybridized carbons (Fsp3) is 0.370. The molecule has 1 aromatic carbocycles. The Morgan fingerprint density at radius 3 is 2.88 bits per heavy atom. The molecule has 0 bridgehead atoms. The molecule has 1 N–H and O–H groups in total. The molecular formula is C27H32N2O5. The van der Waals surface area contributed by atoms with Crippen LogP contribution in [0.3, 0.4) is 0 Å². The van der Waals surface area contributed by atoms with Crippen LogP contribution in [0.25, 0.3) is 6.08 Å². The van der Waals surface area contributed by atoms with Crippen molar-refractivity contribution in [1.82, 2.24) is 9.88 Å². The lowest BCUT2D eigenvalue weighted by Gasteiger charge is -2.34. The minimum Gasteiger partial charge on any atom is -0.493 e. The highest BCUT2D eigenvalue weighted by Crippen LogP contribution is 2.33. The number of carbonyl (C=O) groups is 2. The number of allylic oxidation sites excluding steroid dienone is 4. The van der Waals surface area contributed by atoms with Gasteiger partial charge in [-0.1, -0.05) is 43.7 Å². The summed E-state index contributed by atoms with van der Waals surface area (Å²) in [5, 5.41) is 9.90. The number of hydrogen-bond acceptors (Lipinski definition) is 5. The van der Waals surface area contributed by atoms with Crippen LogP contribution in [0.5, 0.6) is 5.75 Å². The summed E-state index contributed by atoms with van der Waals surface area (Å²) < 4.78 is 11.6. The van der Waals surface area contributed by atoms with E-state index in [2.05, 4.69) is 11.9 Å². The first-order valence-corrected chi connectivity index (χ1v) is 11.7. The maximum absolute atomic E-state index is 12.6. The van der Waals surface area contributed by atoms with Crippen molar-refractivity contribution in [1.29, 1.82) is 0 Å². The summed E-state index contributed by atoms with van der Waals surface area (Å²) in [6, 6.07) is 4.41. The second-order valence-electron chi connectivity index (χ2n) is 8.11. The topological polar surface area (TPSA) is 92.9 Å². The minimum absolute atomic E-state index is 0.326. The van der Waals surface area contributed by atoms with E-state index in [-0.39, 0.29) is 5.91 Å². The Bertz CT molecular complexity index is 1100. The van der Waals surface area contributed by atoms with Crippen LogP contribution >= 0.6 is 0 Å². The van der Waals surface area contributed by atoms with Crippen LogP contribution in [-0.4, -0.2) is 40.0 Å². The van der Waals surface area contributed by atoms with Gasteiger partial charge in [-0.3, -0.25) is 4.79 Å². The van der Waals surface area contributed by atoms with Crippen molar-refractivity contribution in [3.63, 3.8) is 0 Å². The van der Waals surface area contributed by atoms with E-state index in [1.807, 2.05) is 38.1 Å². The van der Waals surface area contributed by atoms with Crippen molar-refractivity contribution in [2.24, 2.45) is 0 Å². The SMILES string of the molecule is C/C=C/C=C/C(=O)N1CCc2ccc(OCCc3nc(/C=C/CCC)oc3C)cc2C1C(=O)O. The van der Waals surface area contributed by atoms with Crippen molar-refractivity contribution in [2.75, 3.05) is 13.2 Å². The quantitative estimate of drug-likeness (QED) is 0.390. The summed E-state index contributed by atoms with van der Waals surface area (Å²) in [5.41, 5.74) is 2.34. The van der Waals surface area contributed by atoms with Gasteiger partial charge in [0.05, 0.1) is 12.3 Å². The zero-order chi connectivity index (χ0) is 24.5. The fourth-order valence-electron chi connectivity index (χ4n) is 3.90. The molecule has 180 valence electrons. The van der Waals surface area contributed by atoms with Gasteiger partial charge < -0.3 is 19.2 Å². The molecular weight excluding hydrogens is 432 g/mol. The average Bonchev–Trinajstić information content (AvgIpc) is 3.17. The Labute approximate surface area is 200 Å². The minimum atomic E-state index is -1.06. The number of benzene rings is 1. The Hall–Kier alpha value is -3.61. The zero-order valence-corrected chi connectivity index (χ0v) is 20.0. The van der Waals surface area contributed by atoms with Crippen molar-refractivity contribution in [3.05, 3.63) is 77.1 Å². The van der Waals surface area contributed by atoms with Crippen LogP contribution < -0.4 is 4.74 Å². The van der Waals surface area contributed by atoms with Crippen LogP contribution in [-0.2, 0) is 22.4 Å². The highest BCUT2D eigenvalue weighted by molar-refractivity contribution is 5.92. The van der Waals surface area contributed by atoms with E-state index in [1.54, 1.807) is 24.3 Å². The third-order valence-corrected chi connectivity index (χ3v) is 5.64. The number of unbranched alkanes of at least 4 members (excludes halogenated alkanes) is 1. The number of carboxylic acid groups (broad SMARTS) is 1. The molecule has 1 amide bonds. The molecule has 0 spiro atoms. The van der Waals surface area contributed by atoms with E-state index in [1.165, 1.54) is 11.0 Å². The number of aryl methyl sites for hydroxylation is 1. The molecule has 2 heterocycles. The Kier molecular flexibility index (Phi) is 8.85. The average molecular weight is 465 g/mol. The molecule has 1 aliphatic heterocycles. The summed E-state index contributed by atoms with van der Waals surface area (Å²) in [6.45, 7) is 6.57. The van der Waals surface area contributed by atoms with E-state index in [0.29, 0.717) is 43.2 Å². The maximum atomic E-state index is 12.6.